The molecule has 1 saturated heterocycles. The van der Waals surface area contributed by atoms with E-state index < -0.39 is 0 Å². The number of benzene rings is 2. The van der Waals surface area contributed by atoms with Crippen molar-refractivity contribution < 1.29 is 4.79 Å². The molecule has 1 fully saturated rings. The second-order valence-electron chi connectivity index (χ2n) is 7.49. The van der Waals surface area contributed by atoms with Gasteiger partial charge >= 0.3 is 0 Å². The summed E-state index contributed by atoms with van der Waals surface area (Å²) in [6.07, 6.45) is 0. The van der Waals surface area contributed by atoms with Crippen LogP contribution in [0.3, 0.4) is 0 Å². The number of hydrogen-bond donors (Lipinski definition) is 0. The minimum atomic E-state index is 0.0395. The van der Waals surface area contributed by atoms with E-state index in [1.807, 2.05) is 72.5 Å². The van der Waals surface area contributed by atoms with Crippen LogP contribution in [0.25, 0.3) is 22.4 Å². The van der Waals surface area contributed by atoms with Gasteiger partial charge in [-0.1, -0.05) is 54.1 Å². The number of hydrogen-bond acceptors (Lipinski definition) is 3. The van der Waals surface area contributed by atoms with Crippen LogP contribution in [0.4, 0.5) is 0 Å². The number of aromatic nitrogens is 1. The molecule has 4 nitrogen and oxygen atoms in total. The first-order valence-electron chi connectivity index (χ1n) is 9.84. The maximum Gasteiger partial charge on any atom is 0.256 e. The molecular weight excluding hydrogens is 382 g/mol. The van der Waals surface area contributed by atoms with Gasteiger partial charge < -0.3 is 9.80 Å². The molecule has 1 aromatic heterocycles. The predicted molar refractivity (Wildman–Crippen MR) is 118 cm³/mol. The first-order chi connectivity index (χ1) is 14.0. The fourth-order valence-electron chi connectivity index (χ4n) is 3.75. The zero-order valence-electron chi connectivity index (χ0n) is 16.7. The molecule has 2 aromatic carbocycles. The fraction of sp³-hybridized carbons (Fsp3) is 0.250. The van der Waals surface area contributed by atoms with Gasteiger partial charge in [-0.15, -0.1) is 0 Å². The summed E-state index contributed by atoms with van der Waals surface area (Å²) in [7, 11) is 2.08. The fourth-order valence-corrected chi connectivity index (χ4v) is 3.94. The van der Waals surface area contributed by atoms with Crippen LogP contribution in [-0.2, 0) is 0 Å². The molecule has 29 heavy (non-hydrogen) atoms. The number of aryl methyl sites for hydroxylation is 1. The number of likely N-dealkylation sites (N-methyl/N-ethyl adjacent to an activating group) is 1. The number of pyridine rings is 1. The molecule has 0 bridgehead atoms. The van der Waals surface area contributed by atoms with E-state index in [1.165, 1.54) is 0 Å². The monoisotopic (exact) mass is 405 g/mol. The molecule has 0 saturated carbocycles. The minimum Gasteiger partial charge on any atom is -0.336 e. The molecule has 1 aliphatic rings. The molecule has 0 aliphatic carbocycles. The SMILES string of the molecule is Cc1nc(-c2ccccc2)cc(-c2cccc(Cl)c2)c1C(=O)N1CCN(C)CC1. The Balaban J connectivity index is 1.84. The second kappa shape index (κ2) is 8.36. The van der Waals surface area contributed by atoms with E-state index in [1.54, 1.807) is 0 Å². The highest BCUT2D eigenvalue weighted by atomic mass is 35.5. The average Bonchev–Trinajstić information content (AvgIpc) is 2.74. The summed E-state index contributed by atoms with van der Waals surface area (Å²) in [5, 5.41) is 0.649. The summed E-state index contributed by atoms with van der Waals surface area (Å²) < 4.78 is 0. The average molecular weight is 406 g/mol. The van der Waals surface area contributed by atoms with Gasteiger partial charge in [0.15, 0.2) is 0 Å². The normalized spacial score (nSPS) is 14.8. The van der Waals surface area contributed by atoms with Crippen LogP contribution < -0.4 is 0 Å². The first-order valence-corrected chi connectivity index (χ1v) is 10.2. The van der Waals surface area contributed by atoms with Gasteiger partial charge in [-0.2, -0.15) is 0 Å². The topological polar surface area (TPSA) is 36.4 Å². The molecule has 2 heterocycles. The van der Waals surface area contributed by atoms with E-state index in [4.69, 9.17) is 16.6 Å². The Morgan fingerprint density at radius 1 is 0.931 bits per heavy atom. The van der Waals surface area contributed by atoms with Crippen molar-refractivity contribution in [1.82, 2.24) is 14.8 Å². The van der Waals surface area contributed by atoms with Gasteiger partial charge in [0.2, 0.25) is 0 Å². The number of carbonyl (C=O) groups excluding carboxylic acids is 1. The number of halogens is 1. The Hall–Kier alpha value is -2.69. The highest BCUT2D eigenvalue weighted by Gasteiger charge is 2.26. The zero-order valence-corrected chi connectivity index (χ0v) is 17.5. The highest BCUT2D eigenvalue weighted by Crippen LogP contribution is 2.32. The van der Waals surface area contributed by atoms with Gasteiger partial charge in [0.05, 0.1) is 17.0 Å². The predicted octanol–water partition coefficient (Wildman–Crippen LogP) is 4.77. The van der Waals surface area contributed by atoms with E-state index in [0.717, 1.165) is 54.3 Å². The van der Waals surface area contributed by atoms with Crippen LogP contribution in [0.5, 0.6) is 0 Å². The van der Waals surface area contributed by atoms with E-state index in [-0.39, 0.29) is 5.91 Å². The smallest absolute Gasteiger partial charge is 0.256 e. The molecule has 0 unspecified atom stereocenters. The van der Waals surface area contributed by atoms with Crippen LogP contribution in [0.15, 0.2) is 60.7 Å². The molecule has 5 heteroatoms. The molecule has 0 spiro atoms. The van der Waals surface area contributed by atoms with Gasteiger partial charge in [-0.05, 0) is 43.3 Å². The van der Waals surface area contributed by atoms with Gasteiger partial charge in [0, 0.05) is 36.8 Å². The third kappa shape index (κ3) is 4.19. The van der Waals surface area contributed by atoms with Crippen molar-refractivity contribution in [2.24, 2.45) is 0 Å². The molecule has 0 atom stereocenters. The van der Waals surface area contributed by atoms with Crippen LogP contribution in [-0.4, -0.2) is 53.9 Å². The number of amides is 1. The van der Waals surface area contributed by atoms with Crippen molar-refractivity contribution in [1.29, 1.82) is 0 Å². The Kier molecular flexibility index (Phi) is 5.65. The van der Waals surface area contributed by atoms with Crippen molar-refractivity contribution in [3.05, 3.63) is 76.9 Å². The van der Waals surface area contributed by atoms with E-state index in [0.29, 0.717) is 10.6 Å². The van der Waals surface area contributed by atoms with Gasteiger partial charge in [0.25, 0.3) is 5.91 Å². The second-order valence-corrected chi connectivity index (χ2v) is 7.92. The van der Waals surface area contributed by atoms with Gasteiger partial charge in [0.1, 0.15) is 0 Å². The van der Waals surface area contributed by atoms with Crippen LogP contribution in [0.1, 0.15) is 16.1 Å². The summed E-state index contributed by atoms with van der Waals surface area (Å²) >= 11 is 6.27. The van der Waals surface area contributed by atoms with Crippen molar-refractivity contribution in [2.45, 2.75) is 6.92 Å². The lowest BCUT2D eigenvalue weighted by Gasteiger charge is -2.33. The molecule has 4 rings (SSSR count). The number of nitrogens with zero attached hydrogens (tertiary/aromatic N) is 3. The molecule has 1 aliphatic heterocycles. The summed E-state index contributed by atoms with van der Waals surface area (Å²) in [5.74, 6) is 0.0395. The number of carbonyl (C=O) groups is 1. The Morgan fingerprint density at radius 3 is 2.31 bits per heavy atom. The van der Waals surface area contributed by atoms with Crippen molar-refractivity contribution in [2.75, 3.05) is 33.2 Å². The summed E-state index contributed by atoms with van der Waals surface area (Å²) in [5.41, 5.74) is 5.09. The third-order valence-electron chi connectivity index (χ3n) is 5.41. The van der Waals surface area contributed by atoms with Crippen molar-refractivity contribution in [3.8, 4) is 22.4 Å². The zero-order chi connectivity index (χ0) is 20.4. The largest absolute Gasteiger partial charge is 0.336 e. The van der Waals surface area contributed by atoms with Gasteiger partial charge in [-0.25, -0.2) is 0 Å². The molecule has 148 valence electrons. The number of piperazine rings is 1. The van der Waals surface area contributed by atoms with Crippen molar-refractivity contribution >= 4 is 17.5 Å². The van der Waals surface area contributed by atoms with E-state index in [2.05, 4.69) is 11.9 Å². The van der Waals surface area contributed by atoms with Crippen LogP contribution in [0, 0.1) is 6.92 Å². The van der Waals surface area contributed by atoms with Crippen molar-refractivity contribution in [3.63, 3.8) is 0 Å². The summed E-state index contributed by atoms with van der Waals surface area (Å²) in [6.45, 7) is 5.14. The first kappa shape index (κ1) is 19.6. The van der Waals surface area contributed by atoms with E-state index >= 15 is 0 Å². The van der Waals surface area contributed by atoms with Gasteiger partial charge in [-0.3, -0.25) is 9.78 Å². The lowest BCUT2D eigenvalue weighted by atomic mass is 9.95. The number of rotatable bonds is 3. The Labute approximate surface area is 176 Å². The Morgan fingerprint density at radius 2 is 1.62 bits per heavy atom. The lowest BCUT2D eigenvalue weighted by Crippen LogP contribution is -2.47. The quantitative estimate of drug-likeness (QED) is 0.630. The molecule has 1 amide bonds. The highest BCUT2D eigenvalue weighted by molar-refractivity contribution is 6.30. The molecular formula is C24H24ClN3O. The maximum atomic E-state index is 13.5. The molecule has 3 aromatic rings. The lowest BCUT2D eigenvalue weighted by molar-refractivity contribution is 0.0663. The summed E-state index contributed by atoms with van der Waals surface area (Å²) in [6, 6.07) is 19.7. The van der Waals surface area contributed by atoms with Crippen LogP contribution >= 0.6 is 11.6 Å². The Bertz CT molecular complexity index is 1030. The standard InChI is InChI=1S/C24H24ClN3O/c1-17-23(24(29)28-13-11-27(2)12-14-28)21(19-9-6-10-20(25)15-19)16-22(26-17)18-7-4-3-5-8-18/h3-10,15-16H,11-14H2,1-2H3. The van der Waals surface area contributed by atoms with E-state index in [9.17, 15) is 4.79 Å². The minimum absolute atomic E-state index is 0.0395. The maximum absolute atomic E-state index is 13.5. The molecule has 0 radical (unpaired) electrons. The third-order valence-corrected chi connectivity index (χ3v) is 5.64. The summed E-state index contributed by atoms with van der Waals surface area (Å²) in [4.78, 5) is 22.5. The van der Waals surface area contributed by atoms with Crippen LogP contribution in [0.2, 0.25) is 5.02 Å². The molecule has 0 N–H and O–H groups in total.